The van der Waals surface area contributed by atoms with Gasteiger partial charge in [-0.15, -0.1) is 0 Å². The minimum absolute atomic E-state index is 0.00436. The van der Waals surface area contributed by atoms with Crippen molar-refractivity contribution in [3.63, 3.8) is 0 Å². The molecule has 0 saturated carbocycles. The Kier molecular flexibility index (Phi) is 4.41. The highest BCUT2D eigenvalue weighted by atomic mass is 35.5. The van der Waals surface area contributed by atoms with Crippen molar-refractivity contribution < 1.29 is 14.6 Å². The highest BCUT2D eigenvalue weighted by molar-refractivity contribution is 6.32. The molecular weight excluding hydrogens is 256 g/mol. The van der Waals surface area contributed by atoms with Crippen molar-refractivity contribution in [1.29, 1.82) is 0 Å². The van der Waals surface area contributed by atoms with Gasteiger partial charge in [0, 0.05) is 25.2 Å². The molecule has 1 unspecified atom stereocenters. The van der Waals surface area contributed by atoms with E-state index in [1.807, 2.05) is 0 Å². The fraction of sp³-hybridized carbons (Fsp3) is 0.417. The summed E-state index contributed by atoms with van der Waals surface area (Å²) in [6.07, 6.45) is -0.00436. The molecule has 1 aliphatic rings. The molecule has 18 heavy (non-hydrogen) atoms. The number of morpholine rings is 1. The zero-order valence-electron chi connectivity index (χ0n) is 9.78. The van der Waals surface area contributed by atoms with Crippen LogP contribution in [0.2, 0.25) is 5.02 Å². The smallest absolute Gasteiger partial charge is 0.251 e. The average molecular weight is 271 g/mol. The molecule has 1 amide bonds. The zero-order valence-corrected chi connectivity index (χ0v) is 10.5. The van der Waals surface area contributed by atoms with Crippen molar-refractivity contribution in [3.05, 3.63) is 28.8 Å². The number of ether oxygens (including phenoxy) is 1. The number of halogens is 1. The Balaban J connectivity index is 1.88. The van der Waals surface area contributed by atoms with Gasteiger partial charge < -0.3 is 20.5 Å². The summed E-state index contributed by atoms with van der Waals surface area (Å²) < 4.78 is 5.46. The largest absolute Gasteiger partial charge is 0.506 e. The van der Waals surface area contributed by atoms with Crippen molar-refractivity contribution in [1.82, 2.24) is 10.6 Å². The first-order chi connectivity index (χ1) is 8.66. The molecular formula is C12H15ClN2O3. The number of amides is 1. The van der Waals surface area contributed by atoms with Gasteiger partial charge in [-0.25, -0.2) is 0 Å². The number of hydrogen-bond donors (Lipinski definition) is 3. The first-order valence-corrected chi connectivity index (χ1v) is 6.13. The van der Waals surface area contributed by atoms with Crippen molar-refractivity contribution in [3.8, 4) is 5.75 Å². The average Bonchev–Trinajstić information content (AvgIpc) is 2.40. The molecule has 6 heteroatoms. The van der Waals surface area contributed by atoms with Crippen LogP contribution in [-0.4, -0.2) is 43.4 Å². The first kappa shape index (κ1) is 13.1. The molecule has 0 aromatic heterocycles. The minimum Gasteiger partial charge on any atom is -0.506 e. The monoisotopic (exact) mass is 270 g/mol. The molecule has 1 saturated heterocycles. The van der Waals surface area contributed by atoms with Crippen LogP contribution < -0.4 is 10.6 Å². The lowest BCUT2D eigenvalue weighted by molar-refractivity contribution is 0.0287. The predicted octanol–water partition coefficient (Wildman–Crippen LogP) is 0.764. The maximum atomic E-state index is 11.8. The third-order valence-electron chi connectivity index (χ3n) is 2.70. The number of phenolic OH excluding ortho intramolecular Hbond substituents is 1. The van der Waals surface area contributed by atoms with Gasteiger partial charge in [-0.3, -0.25) is 4.79 Å². The summed E-state index contributed by atoms with van der Waals surface area (Å²) in [4.78, 5) is 11.8. The van der Waals surface area contributed by atoms with Gasteiger partial charge in [0.15, 0.2) is 0 Å². The molecule has 1 aromatic rings. The standard InChI is InChI=1S/C12H15ClN2O3/c13-10-5-8(1-2-11(10)16)12(17)15-7-9-6-14-3-4-18-9/h1-2,5,9,14,16H,3-4,6-7H2,(H,15,17). The molecule has 98 valence electrons. The normalized spacial score (nSPS) is 19.5. The van der Waals surface area contributed by atoms with Gasteiger partial charge in [0.05, 0.1) is 17.7 Å². The Morgan fingerprint density at radius 2 is 2.44 bits per heavy atom. The summed E-state index contributed by atoms with van der Waals surface area (Å²) in [6.45, 7) is 2.69. The number of benzene rings is 1. The van der Waals surface area contributed by atoms with E-state index in [1.54, 1.807) is 0 Å². The van der Waals surface area contributed by atoms with E-state index < -0.39 is 0 Å². The van der Waals surface area contributed by atoms with E-state index in [4.69, 9.17) is 16.3 Å². The maximum Gasteiger partial charge on any atom is 0.251 e. The van der Waals surface area contributed by atoms with Gasteiger partial charge in [0.1, 0.15) is 5.75 Å². The molecule has 1 aromatic carbocycles. The van der Waals surface area contributed by atoms with Crippen LogP contribution >= 0.6 is 11.6 Å². The predicted molar refractivity (Wildman–Crippen MR) is 68.1 cm³/mol. The Bertz CT molecular complexity index is 433. The van der Waals surface area contributed by atoms with Gasteiger partial charge in [0.2, 0.25) is 0 Å². The molecule has 0 aliphatic carbocycles. The SMILES string of the molecule is O=C(NCC1CNCCO1)c1ccc(O)c(Cl)c1. The molecule has 0 spiro atoms. The minimum atomic E-state index is -0.230. The van der Waals surface area contributed by atoms with Crippen LogP contribution in [0.3, 0.4) is 0 Å². The van der Waals surface area contributed by atoms with Crippen LogP contribution in [0.4, 0.5) is 0 Å². The van der Waals surface area contributed by atoms with Crippen LogP contribution in [0.1, 0.15) is 10.4 Å². The van der Waals surface area contributed by atoms with Gasteiger partial charge in [-0.05, 0) is 18.2 Å². The van der Waals surface area contributed by atoms with Crippen LogP contribution in [0.25, 0.3) is 0 Å². The van der Waals surface area contributed by atoms with E-state index in [0.717, 1.165) is 13.1 Å². The lowest BCUT2D eigenvalue weighted by Gasteiger charge is -2.23. The van der Waals surface area contributed by atoms with Gasteiger partial charge >= 0.3 is 0 Å². The highest BCUT2D eigenvalue weighted by Gasteiger charge is 2.15. The summed E-state index contributed by atoms with van der Waals surface area (Å²) in [5.41, 5.74) is 0.418. The zero-order chi connectivity index (χ0) is 13.0. The molecule has 1 aliphatic heterocycles. The number of hydrogen-bond acceptors (Lipinski definition) is 4. The maximum absolute atomic E-state index is 11.8. The van der Waals surface area contributed by atoms with Gasteiger partial charge in [-0.1, -0.05) is 11.6 Å². The second-order valence-electron chi connectivity index (χ2n) is 4.07. The quantitative estimate of drug-likeness (QED) is 0.759. The summed E-state index contributed by atoms with van der Waals surface area (Å²) in [5.74, 6) is -0.265. The van der Waals surface area contributed by atoms with E-state index in [9.17, 15) is 9.90 Å². The van der Waals surface area contributed by atoms with Crippen molar-refractivity contribution >= 4 is 17.5 Å². The van der Waals surface area contributed by atoms with Crippen LogP contribution in [0, 0.1) is 0 Å². The van der Waals surface area contributed by atoms with E-state index in [2.05, 4.69) is 10.6 Å². The highest BCUT2D eigenvalue weighted by Crippen LogP contribution is 2.23. The van der Waals surface area contributed by atoms with Gasteiger partial charge in [0.25, 0.3) is 5.91 Å². The summed E-state index contributed by atoms with van der Waals surface area (Å²) in [5, 5.41) is 15.4. The lowest BCUT2D eigenvalue weighted by atomic mass is 10.2. The Morgan fingerprint density at radius 1 is 1.61 bits per heavy atom. The molecule has 1 atom stereocenters. The second-order valence-corrected chi connectivity index (χ2v) is 4.48. The Hall–Kier alpha value is -1.30. The fourth-order valence-electron chi connectivity index (χ4n) is 1.71. The van der Waals surface area contributed by atoms with Crippen molar-refractivity contribution in [2.24, 2.45) is 0 Å². The number of aromatic hydroxyl groups is 1. The van der Waals surface area contributed by atoms with E-state index in [0.29, 0.717) is 18.7 Å². The molecule has 1 fully saturated rings. The van der Waals surface area contributed by atoms with Gasteiger partial charge in [-0.2, -0.15) is 0 Å². The number of carbonyl (C=O) groups is 1. The fourth-order valence-corrected chi connectivity index (χ4v) is 1.89. The van der Waals surface area contributed by atoms with E-state index >= 15 is 0 Å². The molecule has 0 radical (unpaired) electrons. The molecule has 2 rings (SSSR count). The number of nitrogens with one attached hydrogen (secondary N) is 2. The Labute approximate surface area is 110 Å². The molecule has 0 bridgehead atoms. The van der Waals surface area contributed by atoms with Crippen molar-refractivity contribution in [2.75, 3.05) is 26.2 Å². The number of carbonyl (C=O) groups excluding carboxylic acids is 1. The molecule has 1 heterocycles. The third-order valence-corrected chi connectivity index (χ3v) is 3.01. The summed E-state index contributed by atoms with van der Waals surface area (Å²) >= 11 is 5.74. The van der Waals surface area contributed by atoms with Crippen LogP contribution in [-0.2, 0) is 4.74 Å². The summed E-state index contributed by atoms with van der Waals surface area (Å²) in [7, 11) is 0. The summed E-state index contributed by atoms with van der Waals surface area (Å²) in [6, 6.07) is 4.36. The first-order valence-electron chi connectivity index (χ1n) is 5.76. The topological polar surface area (TPSA) is 70.6 Å². The third kappa shape index (κ3) is 3.35. The second kappa shape index (κ2) is 6.04. The van der Waals surface area contributed by atoms with Crippen molar-refractivity contribution in [2.45, 2.75) is 6.10 Å². The molecule has 3 N–H and O–H groups in total. The van der Waals surface area contributed by atoms with E-state index in [1.165, 1.54) is 18.2 Å². The molecule has 5 nitrogen and oxygen atoms in total. The van der Waals surface area contributed by atoms with Crippen LogP contribution in [0.15, 0.2) is 18.2 Å². The van der Waals surface area contributed by atoms with Crippen LogP contribution in [0.5, 0.6) is 5.75 Å². The van der Waals surface area contributed by atoms with E-state index in [-0.39, 0.29) is 22.8 Å². The lowest BCUT2D eigenvalue weighted by Crippen LogP contribution is -2.45. The number of phenols is 1. The Morgan fingerprint density at radius 3 is 3.11 bits per heavy atom. The number of rotatable bonds is 3.